The zero-order valence-electron chi connectivity index (χ0n) is 10.8. The van der Waals surface area contributed by atoms with Gasteiger partial charge in [-0.15, -0.1) is 0 Å². The molecule has 0 saturated heterocycles. The average Bonchev–Trinajstić information content (AvgIpc) is 3.27. The van der Waals surface area contributed by atoms with Crippen LogP contribution in [-0.4, -0.2) is 22.6 Å². The molecule has 0 aromatic heterocycles. The minimum Gasteiger partial charge on any atom is -0.392 e. The molecule has 0 spiro atoms. The van der Waals surface area contributed by atoms with Crippen molar-refractivity contribution in [2.24, 2.45) is 5.92 Å². The number of aliphatic hydroxyl groups is 1. The van der Waals surface area contributed by atoms with Crippen LogP contribution in [0.4, 0.5) is 11.4 Å². The van der Waals surface area contributed by atoms with E-state index in [0.717, 1.165) is 25.1 Å². The van der Waals surface area contributed by atoms with Crippen LogP contribution in [0.3, 0.4) is 0 Å². The van der Waals surface area contributed by atoms with Crippen molar-refractivity contribution in [3.63, 3.8) is 0 Å². The fourth-order valence-electron chi connectivity index (χ4n) is 2.47. The summed E-state index contributed by atoms with van der Waals surface area (Å²) in [5, 5.41) is 20.4. The number of nitro groups is 1. The van der Waals surface area contributed by atoms with E-state index in [-0.39, 0.29) is 17.2 Å². The molecule has 0 heterocycles. The number of benzene rings is 1. The van der Waals surface area contributed by atoms with Crippen LogP contribution in [0.5, 0.6) is 0 Å². The first-order chi connectivity index (χ1) is 9.19. The van der Waals surface area contributed by atoms with Gasteiger partial charge in [0.1, 0.15) is 5.69 Å². The molecule has 2 aliphatic carbocycles. The summed E-state index contributed by atoms with van der Waals surface area (Å²) < 4.78 is 0. The summed E-state index contributed by atoms with van der Waals surface area (Å²) in [6.07, 6.45) is 4.74. The molecule has 2 saturated carbocycles. The number of hydrogen-bond acceptors (Lipinski definition) is 4. The number of aliphatic hydroxyl groups excluding tert-OH is 1. The van der Waals surface area contributed by atoms with Crippen LogP contribution in [0.15, 0.2) is 18.2 Å². The number of hydrogen-bond donors (Lipinski definition) is 1. The molecule has 0 atom stereocenters. The molecule has 0 amide bonds. The Balaban J connectivity index is 1.93. The number of anilines is 1. The van der Waals surface area contributed by atoms with E-state index in [1.807, 2.05) is 0 Å². The topological polar surface area (TPSA) is 66.6 Å². The summed E-state index contributed by atoms with van der Waals surface area (Å²) in [4.78, 5) is 13.1. The Morgan fingerprint density at radius 1 is 1.32 bits per heavy atom. The molecule has 3 rings (SSSR count). The van der Waals surface area contributed by atoms with Gasteiger partial charge in [-0.25, -0.2) is 0 Å². The van der Waals surface area contributed by atoms with Crippen LogP contribution in [-0.2, 0) is 6.61 Å². The highest BCUT2D eigenvalue weighted by Gasteiger charge is 2.36. The van der Waals surface area contributed by atoms with Crippen molar-refractivity contribution in [1.82, 2.24) is 0 Å². The van der Waals surface area contributed by atoms with E-state index in [9.17, 15) is 10.1 Å². The van der Waals surface area contributed by atoms with E-state index in [2.05, 4.69) is 4.90 Å². The van der Waals surface area contributed by atoms with Gasteiger partial charge in [-0.1, -0.05) is 6.07 Å². The lowest BCUT2D eigenvalue weighted by Gasteiger charge is -2.24. The Kier molecular flexibility index (Phi) is 3.14. The van der Waals surface area contributed by atoms with Gasteiger partial charge in [0.2, 0.25) is 0 Å². The zero-order valence-corrected chi connectivity index (χ0v) is 10.8. The minimum absolute atomic E-state index is 0.124. The van der Waals surface area contributed by atoms with Gasteiger partial charge in [-0.05, 0) is 43.2 Å². The van der Waals surface area contributed by atoms with E-state index in [1.54, 1.807) is 12.1 Å². The summed E-state index contributed by atoms with van der Waals surface area (Å²) in [5.41, 5.74) is 1.44. The van der Waals surface area contributed by atoms with Crippen molar-refractivity contribution < 1.29 is 10.0 Å². The van der Waals surface area contributed by atoms with E-state index < -0.39 is 0 Å². The summed E-state index contributed by atoms with van der Waals surface area (Å²) >= 11 is 0. The first-order valence-corrected chi connectivity index (χ1v) is 6.84. The van der Waals surface area contributed by atoms with E-state index in [1.165, 1.54) is 18.9 Å². The Morgan fingerprint density at radius 2 is 2.05 bits per heavy atom. The molecule has 0 aliphatic heterocycles. The number of rotatable bonds is 6. The average molecular weight is 262 g/mol. The van der Waals surface area contributed by atoms with Crippen LogP contribution in [0, 0.1) is 16.0 Å². The number of nitrogens with zero attached hydrogens (tertiary/aromatic N) is 2. The van der Waals surface area contributed by atoms with Crippen LogP contribution >= 0.6 is 0 Å². The summed E-state index contributed by atoms with van der Waals surface area (Å²) in [6.45, 7) is 0.775. The van der Waals surface area contributed by atoms with Crippen molar-refractivity contribution >= 4 is 11.4 Å². The maximum Gasteiger partial charge on any atom is 0.292 e. The third-order valence-electron chi connectivity index (χ3n) is 3.87. The summed E-state index contributed by atoms with van der Waals surface area (Å²) in [6, 6.07) is 5.55. The predicted octanol–water partition coefficient (Wildman–Crippen LogP) is 2.47. The standard InChI is InChI=1S/C14H18N2O3/c17-9-11-3-6-13(14(7-11)16(18)19)15(12-4-5-12)8-10-1-2-10/h3,6-7,10,12,17H,1-2,4-5,8-9H2. The second kappa shape index (κ2) is 4.81. The van der Waals surface area contributed by atoms with Gasteiger partial charge >= 0.3 is 0 Å². The number of nitro benzene ring substituents is 1. The van der Waals surface area contributed by atoms with E-state index in [0.29, 0.717) is 17.5 Å². The Labute approximate surface area is 112 Å². The maximum atomic E-state index is 11.2. The van der Waals surface area contributed by atoms with Crippen molar-refractivity contribution in [2.75, 3.05) is 11.4 Å². The van der Waals surface area contributed by atoms with Gasteiger partial charge in [0.25, 0.3) is 5.69 Å². The Hall–Kier alpha value is -1.62. The summed E-state index contributed by atoms with van der Waals surface area (Å²) in [5.74, 6) is 0.706. The van der Waals surface area contributed by atoms with Gasteiger partial charge in [-0.2, -0.15) is 0 Å². The molecule has 5 heteroatoms. The first-order valence-electron chi connectivity index (χ1n) is 6.84. The molecule has 2 fully saturated rings. The van der Waals surface area contributed by atoms with Gasteiger partial charge in [0.15, 0.2) is 0 Å². The molecule has 1 N–H and O–H groups in total. The lowest BCUT2D eigenvalue weighted by molar-refractivity contribution is -0.384. The van der Waals surface area contributed by atoms with Crippen LogP contribution < -0.4 is 4.90 Å². The normalized spacial score (nSPS) is 18.4. The van der Waals surface area contributed by atoms with Gasteiger partial charge in [0, 0.05) is 18.7 Å². The second-order valence-electron chi connectivity index (χ2n) is 5.57. The van der Waals surface area contributed by atoms with Crippen LogP contribution in [0.1, 0.15) is 31.2 Å². The largest absolute Gasteiger partial charge is 0.392 e. The lowest BCUT2D eigenvalue weighted by Crippen LogP contribution is -2.28. The SMILES string of the molecule is O=[N+]([O-])c1cc(CO)ccc1N(CC1CC1)C1CC1. The fourth-order valence-corrected chi connectivity index (χ4v) is 2.47. The smallest absolute Gasteiger partial charge is 0.292 e. The molecule has 2 aliphatic rings. The van der Waals surface area contributed by atoms with Crippen molar-refractivity contribution in [3.05, 3.63) is 33.9 Å². The molecule has 0 radical (unpaired) electrons. The second-order valence-corrected chi connectivity index (χ2v) is 5.57. The molecule has 1 aromatic rings. The highest BCUT2D eigenvalue weighted by atomic mass is 16.6. The van der Waals surface area contributed by atoms with Crippen LogP contribution in [0.2, 0.25) is 0 Å². The van der Waals surface area contributed by atoms with E-state index in [4.69, 9.17) is 5.11 Å². The minimum atomic E-state index is -0.337. The Morgan fingerprint density at radius 3 is 2.58 bits per heavy atom. The molecular formula is C14H18N2O3. The monoisotopic (exact) mass is 262 g/mol. The molecule has 0 unspecified atom stereocenters. The van der Waals surface area contributed by atoms with Gasteiger partial charge in [-0.3, -0.25) is 10.1 Å². The third-order valence-corrected chi connectivity index (χ3v) is 3.87. The molecule has 5 nitrogen and oxygen atoms in total. The van der Waals surface area contributed by atoms with Crippen LogP contribution in [0.25, 0.3) is 0 Å². The van der Waals surface area contributed by atoms with Crippen molar-refractivity contribution in [3.8, 4) is 0 Å². The third kappa shape index (κ3) is 2.71. The van der Waals surface area contributed by atoms with Gasteiger partial charge in [0.05, 0.1) is 11.5 Å². The Bertz CT molecular complexity index is 495. The molecular weight excluding hydrogens is 244 g/mol. The van der Waals surface area contributed by atoms with Crippen molar-refractivity contribution in [2.45, 2.75) is 38.3 Å². The molecule has 0 bridgehead atoms. The van der Waals surface area contributed by atoms with Gasteiger partial charge < -0.3 is 10.0 Å². The summed E-state index contributed by atoms with van der Waals surface area (Å²) in [7, 11) is 0. The molecule has 102 valence electrons. The fraction of sp³-hybridized carbons (Fsp3) is 0.571. The first kappa shape index (κ1) is 12.4. The maximum absolute atomic E-state index is 11.2. The zero-order chi connectivity index (χ0) is 13.4. The van der Waals surface area contributed by atoms with E-state index >= 15 is 0 Å². The quantitative estimate of drug-likeness (QED) is 0.631. The molecule has 19 heavy (non-hydrogen) atoms. The lowest BCUT2D eigenvalue weighted by atomic mass is 10.1. The highest BCUT2D eigenvalue weighted by molar-refractivity contribution is 5.65. The predicted molar refractivity (Wildman–Crippen MR) is 72.1 cm³/mol. The van der Waals surface area contributed by atoms with Crippen molar-refractivity contribution in [1.29, 1.82) is 0 Å². The molecule has 1 aromatic carbocycles. The highest BCUT2D eigenvalue weighted by Crippen LogP contribution is 2.41.